The number of nitrogens with one attached hydrogen (secondary N) is 2. The maximum Gasteiger partial charge on any atom is 0.0991 e. The third-order valence-electron chi connectivity index (χ3n) is 4.33. The number of likely N-dealkylation sites (N-methyl/N-ethyl adjacent to an activating group) is 1. The molecule has 1 unspecified atom stereocenters. The lowest BCUT2D eigenvalue weighted by atomic mass is 9.90. The van der Waals surface area contributed by atoms with Gasteiger partial charge in [0.2, 0.25) is 0 Å². The maximum atomic E-state index is 3.39. The van der Waals surface area contributed by atoms with E-state index in [9.17, 15) is 0 Å². The quantitative estimate of drug-likeness (QED) is 0.764. The van der Waals surface area contributed by atoms with E-state index in [0.717, 1.165) is 6.54 Å². The Morgan fingerprint density at radius 2 is 2.06 bits per heavy atom. The highest BCUT2D eigenvalue weighted by molar-refractivity contribution is 5.93. The lowest BCUT2D eigenvalue weighted by Crippen LogP contribution is -3.13. The molecule has 1 aromatic heterocycles. The van der Waals surface area contributed by atoms with Gasteiger partial charge in [0, 0.05) is 29.1 Å². The molecule has 2 nitrogen and oxygen atoms in total. The largest absolute Gasteiger partial charge is 0.361 e. The number of para-hydroxylation sites is 1. The molecule has 1 aliphatic rings. The van der Waals surface area contributed by atoms with Crippen molar-refractivity contribution in [3.63, 3.8) is 0 Å². The summed E-state index contributed by atoms with van der Waals surface area (Å²) in [4.78, 5) is 5.01. The van der Waals surface area contributed by atoms with Gasteiger partial charge in [0.05, 0.1) is 19.6 Å². The fourth-order valence-electron chi connectivity index (χ4n) is 3.01. The summed E-state index contributed by atoms with van der Waals surface area (Å²) in [5.41, 5.74) is 5.73. The molecule has 1 aromatic carbocycles. The first-order chi connectivity index (χ1) is 8.66. The third kappa shape index (κ3) is 1.77. The molecule has 3 rings (SSSR count). The highest BCUT2D eigenvalue weighted by Crippen LogP contribution is 2.30. The molecule has 0 fully saturated rings. The molecular formula is C16H21N2+. The minimum atomic E-state index is 0.706. The van der Waals surface area contributed by atoms with Crippen LogP contribution in [0, 0.1) is 0 Å². The number of rotatable bonds is 1. The Morgan fingerprint density at radius 1 is 1.28 bits per heavy atom. The molecule has 0 radical (unpaired) electrons. The van der Waals surface area contributed by atoms with Crippen LogP contribution in [0.4, 0.5) is 0 Å². The number of hydrogen-bond acceptors (Lipinski definition) is 0. The zero-order chi connectivity index (χ0) is 12.7. The van der Waals surface area contributed by atoms with Crippen LogP contribution in [0.1, 0.15) is 25.8 Å². The average Bonchev–Trinajstić information content (AvgIpc) is 2.78. The van der Waals surface area contributed by atoms with Gasteiger partial charge in [-0.25, -0.2) is 0 Å². The van der Waals surface area contributed by atoms with Gasteiger partial charge in [-0.1, -0.05) is 18.2 Å². The van der Waals surface area contributed by atoms with E-state index in [2.05, 4.69) is 56.3 Å². The second kappa shape index (κ2) is 4.29. The molecule has 0 bridgehead atoms. The van der Waals surface area contributed by atoms with Crippen molar-refractivity contribution in [2.75, 3.05) is 13.6 Å². The van der Waals surface area contributed by atoms with Crippen LogP contribution in [0.25, 0.3) is 16.5 Å². The predicted octanol–water partition coefficient (Wildman–Crippen LogP) is 2.25. The van der Waals surface area contributed by atoms with E-state index in [0.29, 0.717) is 6.04 Å². The molecule has 2 heteroatoms. The Balaban J connectivity index is 2.12. The fourth-order valence-corrected chi connectivity index (χ4v) is 3.01. The molecule has 0 saturated heterocycles. The fraction of sp³-hybridized carbons (Fsp3) is 0.375. The van der Waals surface area contributed by atoms with Gasteiger partial charge in [0.15, 0.2) is 0 Å². The maximum absolute atomic E-state index is 3.39. The molecule has 18 heavy (non-hydrogen) atoms. The van der Waals surface area contributed by atoms with Crippen LogP contribution < -0.4 is 4.90 Å². The second-order valence-corrected chi connectivity index (χ2v) is 5.64. The van der Waals surface area contributed by atoms with Gasteiger partial charge in [0.25, 0.3) is 0 Å². The van der Waals surface area contributed by atoms with Crippen LogP contribution in [0.15, 0.2) is 36.0 Å². The van der Waals surface area contributed by atoms with Gasteiger partial charge in [-0.05, 0) is 31.1 Å². The van der Waals surface area contributed by atoms with Crippen molar-refractivity contribution < 1.29 is 4.90 Å². The van der Waals surface area contributed by atoms with Crippen molar-refractivity contribution in [3.8, 4) is 0 Å². The predicted molar refractivity (Wildman–Crippen MR) is 76.7 cm³/mol. The number of fused-ring (bicyclic) bond motifs is 1. The van der Waals surface area contributed by atoms with Crippen molar-refractivity contribution in [1.29, 1.82) is 0 Å². The van der Waals surface area contributed by atoms with Crippen LogP contribution in [-0.2, 0) is 0 Å². The highest BCUT2D eigenvalue weighted by Gasteiger charge is 2.25. The Hall–Kier alpha value is -1.54. The lowest BCUT2D eigenvalue weighted by molar-refractivity contribution is -0.900. The minimum absolute atomic E-state index is 0.706. The molecule has 0 amide bonds. The smallest absolute Gasteiger partial charge is 0.0991 e. The summed E-state index contributed by atoms with van der Waals surface area (Å²) in [6.45, 7) is 5.79. The SMILES string of the molecule is CC1=C(c2c[nH]c3ccccc23)C[C@H](C)[NH+](C)C1. The summed E-state index contributed by atoms with van der Waals surface area (Å²) < 4.78 is 0. The van der Waals surface area contributed by atoms with Crippen LogP contribution in [0.5, 0.6) is 0 Å². The summed E-state index contributed by atoms with van der Waals surface area (Å²) in [6.07, 6.45) is 3.36. The normalized spacial score (nSPS) is 24.8. The molecule has 94 valence electrons. The van der Waals surface area contributed by atoms with Crippen molar-refractivity contribution in [2.45, 2.75) is 26.3 Å². The number of hydrogen-bond donors (Lipinski definition) is 2. The first kappa shape index (κ1) is 11.5. The zero-order valence-corrected chi connectivity index (χ0v) is 11.4. The molecule has 1 aliphatic heterocycles. The number of quaternary nitrogens is 1. The third-order valence-corrected chi connectivity index (χ3v) is 4.33. The van der Waals surface area contributed by atoms with Crippen LogP contribution in [0.3, 0.4) is 0 Å². The van der Waals surface area contributed by atoms with E-state index in [4.69, 9.17) is 0 Å². The molecule has 2 aromatic rings. The van der Waals surface area contributed by atoms with Crippen LogP contribution >= 0.6 is 0 Å². The Kier molecular flexibility index (Phi) is 2.75. The van der Waals surface area contributed by atoms with E-state index in [1.807, 2.05) is 0 Å². The van der Waals surface area contributed by atoms with Crippen molar-refractivity contribution in [1.82, 2.24) is 4.98 Å². The van der Waals surface area contributed by atoms with Gasteiger partial charge < -0.3 is 9.88 Å². The van der Waals surface area contributed by atoms with Gasteiger partial charge in [0.1, 0.15) is 0 Å². The molecular weight excluding hydrogens is 220 g/mol. The first-order valence-corrected chi connectivity index (χ1v) is 6.74. The zero-order valence-electron chi connectivity index (χ0n) is 11.4. The molecule has 2 atom stereocenters. The lowest BCUT2D eigenvalue weighted by Gasteiger charge is -2.29. The molecule has 0 spiro atoms. The molecule has 0 saturated carbocycles. The Labute approximate surface area is 108 Å². The summed E-state index contributed by atoms with van der Waals surface area (Å²) >= 11 is 0. The van der Waals surface area contributed by atoms with Gasteiger partial charge in [-0.2, -0.15) is 0 Å². The Bertz CT molecular complexity index is 606. The topological polar surface area (TPSA) is 20.2 Å². The van der Waals surface area contributed by atoms with Crippen molar-refractivity contribution in [3.05, 3.63) is 41.6 Å². The number of benzene rings is 1. The summed E-state index contributed by atoms with van der Waals surface area (Å²) in [5.74, 6) is 0. The Morgan fingerprint density at radius 3 is 2.89 bits per heavy atom. The van der Waals surface area contributed by atoms with E-state index in [1.165, 1.54) is 28.5 Å². The van der Waals surface area contributed by atoms with E-state index in [-0.39, 0.29) is 0 Å². The highest BCUT2D eigenvalue weighted by atomic mass is 15.1. The van der Waals surface area contributed by atoms with E-state index >= 15 is 0 Å². The monoisotopic (exact) mass is 241 g/mol. The first-order valence-electron chi connectivity index (χ1n) is 6.74. The summed E-state index contributed by atoms with van der Waals surface area (Å²) in [6, 6.07) is 9.29. The second-order valence-electron chi connectivity index (χ2n) is 5.64. The van der Waals surface area contributed by atoms with Gasteiger partial charge in [-0.3, -0.25) is 0 Å². The van der Waals surface area contributed by atoms with Crippen LogP contribution in [-0.4, -0.2) is 24.6 Å². The van der Waals surface area contributed by atoms with E-state index in [1.54, 1.807) is 10.5 Å². The minimum Gasteiger partial charge on any atom is -0.361 e. The standard InChI is InChI=1S/C16H20N2/c1-11-10-18(3)12(2)8-14(11)15-9-17-16-7-5-4-6-13(15)16/h4-7,9,12,17H,8,10H2,1-3H3/p+1/t12-/m0/s1. The number of aromatic nitrogens is 1. The van der Waals surface area contributed by atoms with Crippen LogP contribution in [0.2, 0.25) is 0 Å². The summed E-state index contributed by atoms with van der Waals surface area (Å²) in [7, 11) is 2.29. The van der Waals surface area contributed by atoms with Gasteiger partial charge >= 0.3 is 0 Å². The molecule has 2 N–H and O–H groups in total. The van der Waals surface area contributed by atoms with Gasteiger partial charge in [-0.15, -0.1) is 0 Å². The molecule has 2 heterocycles. The average molecular weight is 241 g/mol. The van der Waals surface area contributed by atoms with Crippen molar-refractivity contribution >= 4 is 16.5 Å². The van der Waals surface area contributed by atoms with Crippen molar-refractivity contribution in [2.24, 2.45) is 0 Å². The van der Waals surface area contributed by atoms with E-state index < -0.39 is 0 Å². The number of H-pyrrole nitrogens is 1. The summed E-state index contributed by atoms with van der Waals surface area (Å²) in [5, 5.41) is 1.36. The number of aromatic amines is 1. The molecule has 0 aliphatic carbocycles.